The molecule has 1 amide bonds. The normalized spacial score (nSPS) is 16.3. The Hall–Kier alpha value is -3.20. The van der Waals surface area contributed by atoms with Crippen molar-refractivity contribution in [1.82, 2.24) is 29.9 Å². The van der Waals surface area contributed by atoms with Gasteiger partial charge in [-0.3, -0.25) is 9.69 Å². The zero-order valence-electron chi connectivity index (χ0n) is 18.9. The number of aromatic nitrogens is 4. The summed E-state index contributed by atoms with van der Waals surface area (Å²) in [6.45, 7) is 2.44. The van der Waals surface area contributed by atoms with Gasteiger partial charge >= 0.3 is 0 Å². The number of rotatable bonds is 7. The lowest BCUT2D eigenvalue weighted by Gasteiger charge is -2.30. The molecule has 35 heavy (non-hydrogen) atoms. The summed E-state index contributed by atoms with van der Waals surface area (Å²) in [6.07, 6.45) is 7.16. The van der Waals surface area contributed by atoms with E-state index in [0.29, 0.717) is 47.0 Å². The molecule has 8 nitrogen and oxygen atoms in total. The minimum Gasteiger partial charge on any atom is -0.352 e. The van der Waals surface area contributed by atoms with Crippen molar-refractivity contribution in [2.45, 2.75) is 25.9 Å². The Morgan fingerprint density at radius 2 is 2.09 bits per heavy atom. The Morgan fingerprint density at radius 3 is 2.91 bits per heavy atom. The molecule has 1 aliphatic rings. The number of hydrogen-bond donors (Lipinski definition) is 1. The highest BCUT2D eigenvalue weighted by Crippen LogP contribution is 2.29. The first kappa shape index (κ1) is 23.5. The quantitative estimate of drug-likeness (QED) is 0.385. The van der Waals surface area contributed by atoms with Gasteiger partial charge in [-0.2, -0.15) is 4.98 Å². The standard InChI is InChI=1S/C25H24Cl2N6O2/c26-19-7-8-20(21(27)12-19)24-30-23(35-31-24)15-32-10-3-5-18(14-32)25(34)29-13-17-4-1-2-6-22(17)33-11-9-28-16-33/h1-2,4,6-9,11-12,16,18H,3,5,10,13-15H2,(H,29,34). The van der Waals surface area contributed by atoms with Crippen LogP contribution in [0.2, 0.25) is 10.0 Å². The Balaban J connectivity index is 1.19. The smallest absolute Gasteiger partial charge is 0.241 e. The summed E-state index contributed by atoms with van der Waals surface area (Å²) in [5.41, 5.74) is 2.70. The van der Waals surface area contributed by atoms with Crippen LogP contribution < -0.4 is 5.32 Å². The van der Waals surface area contributed by atoms with Crippen LogP contribution in [0.5, 0.6) is 0 Å². The Labute approximate surface area is 212 Å². The predicted octanol–water partition coefficient (Wildman–Crippen LogP) is 4.76. The molecule has 0 aliphatic carbocycles. The molecule has 0 radical (unpaired) electrons. The van der Waals surface area contributed by atoms with Crippen molar-refractivity contribution in [3.8, 4) is 17.1 Å². The largest absolute Gasteiger partial charge is 0.352 e. The molecule has 1 unspecified atom stereocenters. The second kappa shape index (κ2) is 10.6. The number of halogens is 2. The van der Waals surface area contributed by atoms with Crippen LogP contribution >= 0.6 is 23.2 Å². The van der Waals surface area contributed by atoms with Gasteiger partial charge in [-0.1, -0.05) is 46.6 Å². The molecular formula is C25H24Cl2N6O2. The number of amides is 1. The summed E-state index contributed by atoms with van der Waals surface area (Å²) in [7, 11) is 0. The van der Waals surface area contributed by atoms with E-state index in [1.54, 1.807) is 30.7 Å². The van der Waals surface area contributed by atoms with Gasteiger partial charge in [0.25, 0.3) is 0 Å². The fourth-order valence-electron chi connectivity index (χ4n) is 4.34. The maximum Gasteiger partial charge on any atom is 0.241 e. The summed E-state index contributed by atoms with van der Waals surface area (Å²) in [6, 6.07) is 13.1. The summed E-state index contributed by atoms with van der Waals surface area (Å²) < 4.78 is 7.40. The molecule has 0 bridgehead atoms. The van der Waals surface area contributed by atoms with Gasteiger partial charge in [0.05, 0.1) is 29.5 Å². The molecule has 2 aromatic carbocycles. The van der Waals surface area contributed by atoms with Gasteiger partial charge in [-0.25, -0.2) is 4.98 Å². The van der Waals surface area contributed by atoms with E-state index < -0.39 is 0 Å². The van der Waals surface area contributed by atoms with Crippen molar-refractivity contribution in [2.24, 2.45) is 5.92 Å². The van der Waals surface area contributed by atoms with Crippen LogP contribution in [0.15, 0.2) is 65.7 Å². The summed E-state index contributed by atoms with van der Waals surface area (Å²) in [5.74, 6) is 0.859. The summed E-state index contributed by atoms with van der Waals surface area (Å²) in [4.78, 5) is 23.8. The SMILES string of the molecule is O=C(NCc1ccccc1-n1ccnc1)C1CCCN(Cc2nc(-c3ccc(Cl)cc3Cl)no2)C1. The minimum absolute atomic E-state index is 0.0503. The van der Waals surface area contributed by atoms with E-state index >= 15 is 0 Å². The minimum atomic E-state index is -0.0998. The van der Waals surface area contributed by atoms with Gasteiger partial charge in [-0.15, -0.1) is 0 Å². The number of benzene rings is 2. The van der Waals surface area contributed by atoms with Crippen molar-refractivity contribution in [2.75, 3.05) is 13.1 Å². The zero-order chi connectivity index (χ0) is 24.2. The molecule has 10 heteroatoms. The van der Waals surface area contributed by atoms with Crippen LogP contribution in [0.3, 0.4) is 0 Å². The van der Waals surface area contributed by atoms with Crippen LogP contribution in [0.4, 0.5) is 0 Å². The van der Waals surface area contributed by atoms with Gasteiger partial charge in [0.1, 0.15) is 0 Å². The number of likely N-dealkylation sites (tertiary alicyclic amines) is 1. The molecule has 1 saturated heterocycles. The first-order valence-electron chi connectivity index (χ1n) is 11.4. The van der Waals surface area contributed by atoms with Crippen molar-refractivity contribution in [3.05, 3.63) is 82.7 Å². The van der Waals surface area contributed by atoms with Crippen molar-refractivity contribution >= 4 is 29.1 Å². The van der Waals surface area contributed by atoms with Crippen LogP contribution in [0.1, 0.15) is 24.3 Å². The topological polar surface area (TPSA) is 89.1 Å². The fraction of sp³-hybridized carbons (Fsp3) is 0.280. The van der Waals surface area contributed by atoms with E-state index in [0.717, 1.165) is 30.6 Å². The Bertz CT molecular complexity index is 1310. The Morgan fingerprint density at radius 1 is 1.20 bits per heavy atom. The zero-order valence-corrected chi connectivity index (χ0v) is 20.4. The van der Waals surface area contributed by atoms with E-state index in [1.165, 1.54) is 0 Å². The highest BCUT2D eigenvalue weighted by Gasteiger charge is 2.27. The molecule has 1 N–H and O–H groups in total. The van der Waals surface area contributed by atoms with Crippen molar-refractivity contribution < 1.29 is 9.32 Å². The van der Waals surface area contributed by atoms with Crippen molar-refractivity contribution in [3.63, 3.8) is 0 Å². The first-order valence-corrected chi connectivity index (χ1v) is 12.2. The first-order chi connectivity index (χ1) is 17.1. The maximum absolute atomic E-state index is 13.0. The maximum atomic E-state index is 13.0. The van der Waals surface area contributed by atoms with Crippen molar-refractivity contribution in [1.29, 1.82) is 0 Å². The predicted molar refractivity (Wildman–Crippen MR) is 133 cm³/mol. The highest BCUT2D eigenvalue weighted by molar-refractivity contribution is 6.36. The second-order valence-corrected chi connectivity index (χ2v) is 9.37. The average Bonchev–Trinajstić information content (AvgIpc) is 3.56. The Kier molecular flexibility index (Phi) is 7.13. The van der Waals surface area contributed by atoms with Gasteiger partial charge < -0.3 is 14.4 Å². The number of carbonyl (C=O) groups excluding carboxylic acids is 1. The number of nitrogens with zero attached hydrogens (tertiary/aromatic N) is 5. The molecular weight excluding hydrogens is 487 g/mol. The summed E-state index contributed by atoms with van der Waals surface area (Å²) in [5, 5.41) is 8.19. The lowest BCUT2D eigenvalue weighted by Crippen LogP contribution is -2.42. The van der Waals surface area contributed by atoms with Crippen LogP contribution in [-0.2, 0) is 17.9 Å². The van der Waals surface area contributed by atoms with Gasteiger partial charge in [0.2, 0.25) is 17.6 Å². The molecule has 1 fully saturated rings. The molecule has 1 aliphatic heterocycles. The lowest BCUT2D eigenvalue weighted by molar-refractivity contribution is -0.127. The van der Waals surface area contributed by atoms with E-state index in [-0.39, 0.29) is 11.8 Å². The monoisotopic (exact) mass is 510 g/mol. The van der Waals surface area contributed by atoms with Gasteiger partial charge in [0, 0.05) is 36.1 Å². The van der Waals surface area contributed by atoms with E-state index in [1.807, 2.05) is 35.0 Å². The molecule has 5 rings (SSSR count). The van der Waals surface area contributed by atoms with E-state index in [2.05, 4.69) is 25.3 Å². The van der Waals surface area contributed by atoms with E-state index in [9.17, 15) is 4.79 Å². The molecule has 2 aromatic heterocycles. The lowest BCUT2D eigenvalue weighted by atomic mass is 9.97. The molecule has 4 aromatic rings. The molecule has 180 valence electrons. The summed E-state index contributed by atoms with van der Waals surface area (Å²) >= 11 is 12.2. The van der Waals surface area contributed by atoms with Crippen LogP contribution in [0, 0.1) is 5.92 Å². The highest BCUT2D eigenvalue weighted by atomic mass is 35.5. The van der Waals surface area contributed by atoms with Gasteiger partial charge in [-0.05, 0) is 49.2 Å². The molecule has 3 heterocycles. The average molecular weight is 511 g/mol. The number of hydrogen-bond acceptors (Lipinski definition) is 6. The second-order valence-electron chi connectivity index (χ2n) is 8.53. The number of nitrogens with one attached hydrogen (secondary N) is 1. The van der Waals surface area contributed by atoms with Crippen LogP contribution in [0.25, 0.3) is 17.1 Å². The third kappa shape index (κ3) is 5.56. The number of piperidine rings is 1. The third-order valence-electron chi connectivity index (χ3n) is 6.10. The molecule has 0 saturated carbocycles. The number of imidazole rings is 1. The van der Waals surface area contributed by atoms with Gasteiger partial charge in [0.15, 0.2) is 0 Å². The number of para-hydroxylation sites is 1. The molecule has 1 atom stereocenters. The number of carbonyl (C=O) groups is 1. The molecule has 0 spiro atoms. The van der Waals surface area contributed by atoms with Crippen LogP contribution in [-0.4, -0.2) is 43.6 Å². The fourth-order valence-corrected chi connectivity index (χ4v) is 4.84. The van der Waals surface area contributed by atoms with E-state index in [4.69, 9.17) is 27.7 Å². The third-order valence-corrected chi connectivity index (χ3v) is 6.65.